The first-order valence-corrected chi connectivity index (χ1v) is 5.99. The summed E-state index contributed by atoms with van der Waals surface area (Å²) < 4.78 is 5.86. The minimum atomic E-state index is -0.694. The minimum absolute atomic E-state index is 0.0255. The standard InChI is InChI=1S/C13H17NO4/c1-7-8(2)12-9(5-13(3,4)18-12)10(6-15)11(7)14(16)17/h6,9-10H,5H2,1-4H3. The molecule has 0 aromatic rings. The van der Waals surface area contributed by atoms with Crippen LogP contribution < -0.4 is 0 Å². The summed E-state index contributed by atoms with van der Waals surface area (Å²) in [4.78, 5) is 22.0. The second-order valence-electron chi connectivity index (χ2n) is 5.59. The number of nitro groups is 1. The Bertz CT molecular complexity index is 487. The zero-order chi connectivity index (χ0) is 13.7. The summed E-state index contributed by atoms with van der Waals surface area (Å²) in [5.74, 6) is -0.137. The van der Waals surface area contributed by atoms with Crippen LogP contribution in [0.15, 0.2) is 22.6 Å². The van der Waals surface area contributed by atoms with E-state index in [1.807, 2.05) is 20.8 Å². The maximum atomic E-state index is 11.3. The Morgan fingerprint density at radius 3 is 2.50 bits per heavy atom. The first kappa shape index (κ1) is 12.8. The van der Waals surface area contributed by atoms with Crippen molar-refractivity contribution in [1.29, 1.82) is 0 Å². The van der Waals surface area contributed by atoms with E-state index < -0.39 is 10.8 Å². The summed E-state index contributed by atoms with van der Waals surface area (Å²) in [6.07, 6.45) is 1.32. The maximum absolute atomic E-state index is 11.3. The largest absolute Gasteiger partial charge is 0.492 e. The van der Waals surface area contributed by atoms with Crippen LogP contribution in [-0.2, 0) is 9.53 Å². The number of hydrogen-bond acceptors (Lipinski definition) is 4. The number of nitrogens with zero attached hydrogens (tertiary/aromatic N) is 1. The van der Waals surface area contributed by atoms with E-state index in [1.165, 1.54) is 0 Å². The van der Waals surface area contributed by atoms with Gasteiger partial charge in [-0.25, -0.2) is 0 Å². The van der Waals surface area contributed by atoms with Gasteiger partial charge in [-0.2, -0.15) is 0 Å². The molecule has 0 bridgehead atoms. The smallest absolute Gasteiger partial charge is 0.260 e. The second-order valence-corrected chi connectivity index (χ2v) is 5.59. The third kappa shape index (κ3) is 1.74. The summed E-state index contributed by atoms with van der Waals surface area (Å²) in [7, 11) is 0. The van der Waals surface area contributed by atoms with Gasteiger partial charge >= 0.3 is 0 Å². The van der Waals surface area contributed by atoms with Gasteiger partial charge in [0.1, 0.15) is 23.6 Å². The van der Waals surface area contributed by atoms with Crippen molar-refractivity contribution in [3.8, 4) is 0 Å². The zero-order valence-electron chi connectivity index (χ0n) is 11.0. The fraction of sp³-hybridized carbons (Fsp3) is 0.615. The Morgan fingerprint density at radius 1 is 1.39 bits per heavy atom. The Morgan fingerprint density at radius 2 is 2.00 bits per heavy atom. The van der Waals surface area contributed by atoms with E-state index in [1.54, 1.807) is 6.92 Å². The van der Waals surface area contributed by atoms with Crippen LogP contribution in [-0.4, -0.2) is 16.8 Å². The Hall–Kier alpha value is -1.65. The SMILES string of the molecule is CC1=C2OC(C)(C)CC2C(C=O)C([N+](=O)[O-])=C1C. The van der Waals surface area contributed by atoms with Gasteiger partial charge in [0, 0.05) is 11.5 Å². The summed E-state index contributed by atoms with van der Waals surface area (Å²) in [5, 5.41) is 11.2. The highest BCUT2D eigenvalue weighted by Gasteiger charge is 2.49. The van der Waals surface area contributed by atoms with Crippen molar-refractivity contribution in [2.45, 2.75) is 39.7 Å². The van der Waals surface area contributed by atoms with E-state index in [0.29, 0.717) is 18.3 Å². The van der Waals surface area contributed by atoms with Crippen molar-refractivity contribution >= 4 is 6.29 Å². The van der Waals surface area contributed by atoms with Gasteiger partial charge in [-0.1, -0.05) is 0 Å². The molecule has 0 amide bonds. The molecular weight excluding hydrogens is 234 g/mol. The molecule has 1 fully saturated rings. The lowest BCUT2D eigenvalue weighted by molar-refractivity contribution is -0.434. The van der Waals surface area contributed by atoms with Gasteiger partial charge in [-0.15, -0.1) is 0 Å². The lowest BCUT2D eigenvalue weighted by atomic mass is 9.77. The first-order chi connectivity index (χ1) is 8.28. The molecule has 0 spiro atoms. The lowest BCUT2D eigenvalue weighted by Gasteiger charge is -2.24. The molecular formula is C13H17NO4. The third-order valence-electron chi connectivity index (χ3n) is 3.84. The van der Waals surface area contributed by atoms with Crippen LogP contribution in [0.25, 0.3) is 0 Å². The number of fused-ring (bicyclic) bond motifs is 1. The van der Waals surface area contributed by atoms with E-state index >= 15 is 0 Å². The molecule has 18 heavy (non-hydrogen) atoms. The number of allylic oxidation sites excluding steroid dienone is 4. The third-order valence-corrected chi connectivity index (χ3v) is 3.84. The van der Waals surface area contributed by atoms with Crippen LogP contribution in [0.1, 0.15) is 34.1 Å². The average Bonchev–Trinajstić information content (AvgIpc) is 2.58. The van der Waals surface area contributed by atoms with Gasteiger partial charge in [-0.3, -0.25) is 10.1 Å². The molecule has 2 unspecified atom stereocenters. The number of aldehydes is 1. The average molecular weight is 251 g/mol. The fourth-order valence-electron chi connectivity index (χ4n) is 2.92. The molecule has 2 aliphatic rings. The predicted molar refractivity (Wildman–Crippen MR) is 65.2 cm³/mol. The van der Waals surface area contributed by atoms with Gasteiger partial charge in [0.15, 0.2) is 0 Å². The van der Waals surface area contributed by atoms with Crippen molar-refractivity contribution in [2.24, 2.45) is 11.8 Å². The van der Waals surface area contributed by atoms with E-state index in [4.69, 9.17) is 4.74 Å². The summed E-state index contributed by atoms with van der Waals surface area (Å²) in [5.41, 5.74) is 1.02. The molecule has 98 valence electrons. The van der Waals surface area contributed by atoms with Gasteiger partial charge in [0.05, 0.1) is 4.92 Å². The van der Waals surface area contributed by atoms with Crippen LogP contribution >= 0.6 is 0 Å². The van der Waals surface area contributed by atoms with E-state index in [9.17, 15) is 14.9 Å². The van der Waals surface area contributed by atoms with Crippen LogP contribution in [0.4, 0.5) is 0 Å². The maximum Gasteiger partial charge on any atom is 0.260 e. The van der Waals surface area contributed by atoms with Crippen molar-refractivity contribution in [3.05, 3.63) is 32.7 Å². The quantitative estimate of drug-likeness (QED) is 0.429. The normalized spacial score (nSPS) is 30.0. The molecule has 2 rings (SSSR count). The molecule has 0 aromatic heterocycles. The van der Waals surface area contributed by atoms with Crippen molar-refractivity contribution < 1.29 is 14.5 Å². The van der Waals surface area contributed by atoms with Crippen LogP contribution in [0.2, 0.25) is 0 Å². The van der Waals surface area contributed by atoms with Gasteiger partial charge in [0.2, 0.25) is 0 Å². The molecule has 2 atom stereocenters. The topological polar surface area (TPSA) is 69.4 Å². The number of ether oxygens (including phenoxy) is 1. The van der Waals surface area contributed by atoms with Gasteiger partial charge in [-0.05, 0) is 39.7 Å². The lowest BCUT2D eigenvalue weighted by Crippen LogP contribution is -2.28. The molecule has 5 nitrogen and oxygen atoms in total. The Kier molecular flexibility index (Phi) is 2.80. The van der Waals surface area contributed by atoms with Crippen LogP contribution in [0.3, 0.4) is 0 Å². The summed E-state index contributed by atoms with van der Waals surface area (Å²) in [6.45, 7) is 7.38. The highest BCUT2D eigenvalue weighted by Crippen LogP contribution is 2.49. The molecule has 5 heteroatoms. The molecule has 1 saturated heterocycles. The molecule has 0 saturated carbocycles. The fourth-order valence-corrected chi connectivity index (χ4v) is 2.92. The van der Waals surface area contributed by atoms with Gasteiger partial charge in [0.25, 0.3) is 5.70 Å². The summed E-state index contributed by atoms with van der Waals surface area (Å²) >= 11 is 0. The molecule has 0 radical (unpaired) electrons. The van der Waals surface area contributed by atoms with Crippen molar-refractivity contribution in [3.63, 3.8) is 0 Å². The number of carbonyl (C=O) groups excluding carboxylic acids is 1. The Labute approximate surface area is 106 Å². The highest BCUT2D eigenvalue weighted by atomic mass is 16.6. The zero-order valence-corrected chi connectivity index (χ0v) is 11.0. The molecule has 1 aliphatic carbocycles. The van der Waals surface area contributed by atoms with E-state index in [0.717, 1.165) is 11.3 Å². The molecule has 1 heterocycles. The molecule has 0 aromatic carbocycles. The van der Waals surface area contributed by atoms with E-state index in [2.05, 4.69) is 0 Å². The van der Waals surface area contributed by atoms with Gasteiger partial charge < -0.3 is 9.53 Å². The second kappa shape index (κ2) is 3.93. The monoisotopic (exact) mass is 251 g/mol. The molecule has 1 aliphatic heterocycles. The Balaban J connectivity index is 2.57. The van der Waals surface area contributed by atoms with Crippen LogP contribution in [0.5, 0.6) is 0 Å². The summed E-state index contributed by atoms with van der Waals surface area (Å²) in [6, 6.07) is 0. The predicted octanol–water partition coefficient (Wildman–Crippen LogP) is 2.45. The first-order valence-electron chi connectivity index (χ1n) is 5.99. The van der Waals surface area contributed by atoms with Crippen LogP contribution in [0, 0.1) is 22.0 Å². The number of rotatable bonds is 2. The van der Waals surface area contributed by atoms with E-state index in [-0.39, 0.29) is 17.2 Å². The number of carbonyl (C=O) groups is 1. The minimum Gasteiger partial charge on any atom is -0.492 e. The highest BCUT2D eigenvalue weighted by molar-refractivity contribution is 5.63. The number of hydrogen-bond donors (Lipinski definition) is 0. The van der Waals surface area contributed by atoms with Crippen molar-refractivity contribution in [2.75, 3.05) is 0 Å². The van der Waals surface area contributed by atoms with Crippen molar-refractivity contribution in [1.82, 2.24) is 0 Å². The molecule has 0 N–H and O–H groups in total.